The van der Waals surface area contributed by atoms with Crippen LogP contribution in [0.4, 0.5) is 5.69 Å². The lowest BCUT2D eigenvalue weighted by Crippen LogP contribution is -2.29. The highest BCUT2D eigenvalue weighted by atomic mass is 35.5. The van der Waals surface area contributed by atoms with Crippen molar-refractivity contribution in [1.82, 2.24) is 0 Å². The number of Topliss-reactive ketones (excluding diaryl/α,β-unsaturated/α-hetero) is 1. The van der Waals surface area contributed by atoms with Gasteiger partial charge in [0.2, 0.25) is 0 Å². The molecule has 1 fully saturated rings. The molecule has 1 saturated heterocycles. The molecule has 34 heavy (non-hydrogen) atoms. The first-order valence-electron chi connectivity index (χ1n) is 10.8. The van der Waals surface area contributed by atoms with Crippen molar-refractivity contribution in [2.24, 2.45) is 0 Å². The van der Waals surface area contributed by atoms with Crippen molar-refractivity contribution < 1.29 is 24.2 Å². The first-order chi connectivity index (χ1) is 16.4. The Morgan fingerprint density at radius 2 is 1.76 bits per heavy atom. The van der Waals surface area contributed by atoms with E-state index in [1.165, 1.54) is 18.1 Å². The fourth-order valence-corrected chi connectivity index (χ4v) is 4.31. The summed E-state index contributed by atoms with van der Waals surface area (Å²) in [6.07, 6.45) is 0. The SMILES string of the molecule is CCOc1ccc(N2C(=O)C(=O)/C(=C(/O)c3ccc(Cl)c(OC)c3)C2c2ccccc2C)cc1. The second-order valence-electron chi connectivity index (χ2n) is 7.80. The summed E-state index contributed by atoms with van der Waals surface area (Å²) in [5, 5.41) is 11.6. The summed E-state index contributed by atoms with van der Waals surface area (Å²) in [4.78, 5) is 28.0. The van der Waals surface area contributed by atoms with E-state index in [-0.39, 0.29) is 11.3 Å². The van der Waals surface area contributed by atoms with E-state index in [0.717, 1.165) is 11.1 Å². The molecule has 1 aliphatic heterocycles. The van der Waals surface area contributed by atoms with Gasteiger partial charge in [-0.05, 0) is 67.4 Å². The van der Waals surface area contributed by atoms with Gasteiger partial charge in [-0.2, -0.15) is 0 Å². The number of aliphatic hydroxyl groups is 1. The number of anilines is 1. The quantitative estimate of drug-likeness (QED) is 0.281. The van der Waals surface area contributed by atoms with Crippen LogP contribution in [0.1, 0.15) is 29.7 Å². The van der Waals surface area contributed by atoms with Crippen LogP contribution in [0.25, 0.3) is 5.76 Å². The van der Waals surface area contributed by atoms with Gasteiger partial charge in [0.25, 0.3) is 11.7 Å². The number of hydrogen-bond donors (Lipinski definition) is 1. The Bertz CT molecular complexity index is 1280. The number of hydrogen-bond acceptors (Lipinski definition) is 5. The van der Waals surface area contributed by atoms with Crippen LogP contribution < -0.4 is 14.4 Å². The predicted octanol–water partition coefficient (Wildman–Crippen LogP) is 5.68. The van der Waals surface area contributed by atoms with Crippen LogP contribution in [0, 0.1) is 6.92 Å². The van der Waals surface area contributed by atoms with Gasteiger partial charge in [-0.15, -0.1) is 0 Å². The summed E-state index contributed by atoms with van der Waals surface area (Å²) in [7, 11) is 1.46. The average Bonchev–Trinajstić information content (AvgIpc) is 3.10. The Morgan fingerprint density at radius 1 is 1.06 bits per heavy atom. The van der Waals surface area contributed by atoms with Gasteiger partial charge in [-0.25, -0.2) is 0 Å². The fraction of sp³-hybridized carbons (Fsp3) is 0.185. The Morgan fingerprint density at radius 3 is 2.41 bits per heavy atom. The number of benzene rings is 3. The number of methoxy groups -OCH3 is 1. The van der Waals surface area contributed by atoms with Gasteiger partial charge in [0, 0.05) is 11.3 Å². The number of carbonyl (C=O) groups excluding carboxylic acids is 2. The third-order valence-electron chi connectivity index (χ3n) is 5.78. The highest BCUT2D eigenvalue weighted by Crippen LogP contribution is 2.43. The zero-order valence-corrected chi connectivity index (χ0v) is 19.8. The number of aryl methyl sites for hydroxylation is 1. The van der Waals surface area contributed by atoms with Crippen LogP contribution in [0.5, 0.6) is 11.5 Å². The summed E-state index contributed by atoms with van der Waals surface area (Å²) >= 11 is 6.13. The minimum absolute atomic E-state index is 0.00226. The van der Waals surface area contributed by atoms with Gasteiger partial charge >= 0.3 is 0 Å². The Kier molecular flexibility index (Phi) is 6.61. The molecule has 1 atom stereocenters. The van der Waals surface area contributed by atoms with Gasteiger partial charge in [0.1, 0.15) is 17.3 Å². The number of ketones is 1. The molecule has 1 N–H and O–H groups in total. The first-order valence-corrected chi connectivity index (χ1v) is 11.2. The molecule has 0 aromatic heterocycles. The predicted molar refractivity (Wildman–Crippen MR) is 132 cm³/mol. The number of aliphatic hydroxyl groups excluding tert-OH is 1. The second-order valence-corrected chi connectivity index (χ2v) is 8.21. The van der Waals surface area contributed by atoms with Crippen molar-refractivity contribution in [3.8, 4) is 11.5 Å². The van der Waals surface area contributed by atoms with Gasteiger partial charge in [-0.3, -0.25) is 14.5 Å². The molecular formula is C27H24ClNO5. The van der Waals surface area contributed by atoms with Gasteiger partial charge in [0.05, 0.1) is 30.4 Å². The first kappa shape index (κ1) is 23.4. The molecule has 1 aliphatic rings. The van der Waals surface area contributed by atoms with Crippen LogP contribution in [0.15, 0.2) is 72.3 Å². The standard InChI is InChI=1S/C27H24ClNO5/c1-4-34-19-12-10-18(11-13-19)29-24(20-8-6-5-7-16(20)2)23(26(31)27(29)32)25(30)17-9-14-21(28)22(15-17)33-3/h5-15,24,30H,4H2,1-3H3/b25-23+. The van der Waals surface area contributed by atoms with E-state index in [1.54, 1.807) is 36.4 Å². The van der Waals surface area contributed by atoms with Crippen molar-refractivity contribution in [2.45, 2.75) is 19.9 Å². The molecule has 3 aromatic carbocycles. The topological polar surface area (TPSA) is 76.1 Å². The molecule has 1 heterocycles. The second kappa shape index (κ2) is 9.61. The maximum Gasteiger partial charge on any atom is 0.300 e. The number of halogens is 1. The maximum atomic E-state index is 13.3. The number of nitrogens with zero attached hydrogens (tertiary/aromatic N) is 1. The average molecular weight is 478 g/mol. The normalized spacial score (nSPS) is 17.2. The smallest absolute Gasteiger partial charge is 0.300 e. The van der Waals surface area contributed by atoms with Crippen LogP contribution in [-0.2, 0) is 9.59 Å². The van der Waals surface area contributed by atoms with Crippen molar-refractivity contribution in [1.29, 1.82) is 0 Å². The third kappa shape index (κ3) is 4.13. The van der Waals surface area contributed by atoms with Crippen LogP contribution in [0.2, 0.25) is 5.02 Å². The van der Waals surface area contributed by atoms with E-state index >= 15 is 0 Å². The molecule has 0 spiro atoms. The fourth-order valence-electron chi connectivity index (χ4n) is 4.12. The molecule has 4 rings (SSSR count). The lowest BCUT2D eigenvalue weighted by atomic mass is 9.92. The summed E-state index contributed by atoms with van der Waals surface area (Å²) in [5.41, 5.74) is 2.46. The molecule has 6 nitrogen and oxygen atoms in total. The van der Waals surface area contributed by atoms with Crippen molar-refractivity contribution >= 4 is 34.7 Å². The van der Waals surface area contributed by atoms with E-state index in [0.29, 0.717) is 34.4 Å². The summed E-state index contributed by atoms with van der Waals surface area (Å²) in [6.45, 7) is 4.30. The molecule has 3 aromatic rings. The lowest BCUT2D eigenvalue weighted by molar-refractivity contribution is -0.132. The Balaban J connectivity index is 1.92. The number of rotatable bonds is 6. The van der Waals surface area contributed by atoms with Crippen molar-refractivity contribution in [3.63, 3.8) is 0 Å². The van der Waals surface area contributed by atoms with Crippen LogP contribution in [-0.4, -0.2) is 30.5 Å². The minimum Gasteiger partial charge on any atom is -0.507 e. The molecular weight excluding hydrogens is 454 g/mol. The Hall–Kier alpha value is -3.77. The molecule has 0 aliphatic carbocycles. The largest absolute Gasteiger partial charge is 0.507 e. The Labute approximate surface area is 203 Å². The summed E-state index contributed by atoms with van der Waals surface area (Å²) in [5.74, 6) is -0.786. The molecule has 7 heteroatoms. The number of ether oxygens (including phenoxy) is 2. The molecule has 0 radical (unpaired) electrons. The van der Waals surface area contributed by atoms with Crippen LogP contribution >= 0.6 is 11.6 Å². The highest BCUT2D eigenvalue weighted by Gasteiger charge is 2.47. The molecule has 0 bridgehead atoms. The van der Waals surface area contributed by atoms with Gasteiger partial charge < -0.3 is 14.6 Å². The van der Waals surface area contributed by atoms with E-state index in [9.17, 15) is 14.7 Å². The minimum atomic E-state index is -0.819. The summed E-state index contributed by atoms with van der Waals surface area (Å²) < 4.78 is 10.8. The zero-order chi connectivity index (χ0) is 24.4. The number of carbonyl (C=O) groups is 2. The van der Waals surface area contributed by atoms with E-state index in [2.05, 4.69) is 0 Å². The maximum absolute atomic E-state index is 13.3. The van der Waals surface area contributed by atoms with Gasteiger partial charge in [0.15, 0.2) is 0 Å². The highest BCUT2D eigenvalue weighted by molar-refractivity contribution is 6.51. The molecule has 174 valence electrons. The molecule has 1 amide bonds. The third-order valence-corrected chi connectivity index (χ3v) is 6.09. The molecule has 1 unspecified atom stereocenters. The zero-order valence-electron chi connectivity index (χ0n) is 19.0. The van der Waals surface area contributed by atoms with E-state index < -0.39 is 17.7 Å². The lowest BCUT2D eigenvalue weighted by Gasteiger charge is -2.26. The number of amides is 1. The van der Waals surface area contributed by atoms with Crippen LogP contribution in [0.3, 0.4) is 0 Å². The van der Waals surface area contributed by atoms with Crippen molar-refractivity contribution in [2.75, 3.05) is 18.6 Å². The van der Waals surface area contributed by atoms with E-state index in [4.69, 9.17) is 21.1 Å². The monoisotopic (exact) mass is 477 g/mol. The van der Waals surface area contributed by atoms with Gasteiger partial charge in [-0.1, -0.05) is 35.9 Å². The molecule has 0 saturated carbocycles. The van der Waals surface area contributed by atoms with E-state index in [1.807, 2.05) is 38.1 Å². The van der Waals surface area contributed by atoms with Crippen molar-refractivity contribution in [3.05, 3.63) is 94.0 Å². The summed E-state index contributed by atoms with van der Waals surface area (Å²) in [6, 6.07) is 18.3.